The summed E-state index contributed by atoms with van der Waals surface area (Å²) in [7, 11) is 0. The van der Waals surface area contributed by atoms with Gasteiger partial charge in [-0.25, -0.2) is 0 Å². The minimum absolute atomic E-state index is 0. The Hall–Kier alpha value is 2.74. The Morgan fingerprint density at radius 2 is 0.750 bits per heavy atom. The summed E-state index contributed by atoms with van der Waals surface area (Å²) in [5, 5.41) is 0. The van der Waals surface area contributed by atoms with E-state index in [1.165, 1.54) is 0 Å². The molecule has 0 rings (SSSR count). The Morgan fingerprint density at radius 1 is 0.750 bits per heavy atom. The second-order valence-corrected chi connectivity index (χ2v) is 0. The quantitative estimate of drug-likeness (QED) is 0.389. The molecule has 0 unspecified atom stereocenters. The van der Waals surface area contributed by atoms with Crippen LogP contribution in [0.2, 0.25) is 0 Å². The standard InChI is InChI=1S/2Hg.S.Se/q2*+2;2*-2. The zero-order chi connectivity index (χ0) is 0. The molecule has 0 amide bonds. The Balaban J connectivity index is 0. The fourth-order valence-electron chi connectivity index (χ4n) is 0. The molecule has 0 radical (unpaired) electrons. The van der Waals surface area contributed by atoms with E-state index >= 15 is 0 Å². The average Bonchev–Trinajstić information content (AvgIpc) is 0. The molecule has 0 N–H and O–H groups in total. The van der Waals surface area contributed by atoms with Crippen molar-refractivity contribution in [3.8, 4) is 0 Å². The molecule has 0 aromatic heterocycles. The van der Waals surface area contributed by atoms with Gasteiger partial charge in [0.2, 0.25) is 0 Å². The minimum Gasteiger partial charge on any atom is -2.00 e. The van der Waals surface area contributed by atoms with E-state index in [9.17, 15) is 0 Å². The van der Waals surface area contributed by atoms with Gasteiger partial charge in [0.1, 0.15) is 0 Å². The fraction of sp³-hybridized carbons (Fsp3) is 0. The molecular formula is Hg2SSe. The SMILES string of the molecule is [Hg+2].[Hg+2].[S-2].[Se-2]. The molecule has 0 saturated carbocycles. The molecule has 0 spiro atoms. The van der Waals surface area contributed by atoms with Gasteiger partial charge in [0, 0.05) is 0 Å². The van der Waals surface area contributed by atoms with Crippen molar-refractivity contribution in [3.05, 3.63) is 0 Å². The molecule has 0 aliphatic heterocycles. The second-order valence-electron chi connectivity index (χ2n) is 0. The average molecular weight is 512 g/mol. The molecule has 0 saturated heterocycles. The zero-order valence-electron chi connectivity index (χ0n) is 2.23. The van der Waals surface area contributed by atoms with Crippen LogP contribution in [0.4, 0.5) is 0 Å². The van der Waals surface area contributed by atoms with E-state index in [-0.39, 0.29) is 85.9 Å². The summed E-state index contributed by atoms with van der Waals surface area (Å²) in [6, 6.07) is 0. The molecule has 0 aliphatic rings. The molecule has 0 atom stereocenters. The predicted molar refractivity (Wildman–Crippen MR) is 13.1 cm³/mol. The molecule has 0 bridgehead atoms. The maximum atomic E-state index is 0. The fourth-order valence-corrected chi connectivity index (χ4v) is 0. The van der Waals surface area contributed by atoms with Crippen LogP contribution in [-0.2, 0) is 68.8 Å². The summed E-state index contributed by atoms with van der Waals surface area (Å²) >= 11 is 0. The first-order valence-electron chi connectivity index (χ1n) is 0. The molecule has 0 heterocycles. The Morgan fingerprint density at radius 3 is 0.750 bits per heavy atom. The first kappa shape index (κ1) is 29.6. The van der Waals surface area contributed by atoms with Crippen LogP contribution < -0.4 is 0 Å². The van der Waals surface area contributed by atoms with E-state index in [2.05, 4.69) is 0 Å². The van der Waals surface area contributed by atoms with Gasteiger partial charge in [-0.05, 0) is 0 Å². The maximum Gasteiger partial charge on any atom is 2.00 e. The minimum atomic E-state index is 0. The topological polar surface area (TPSA) is 0 Å². The van der Waals surface area contributed by atoms with E-state index in [0.717, 1.165) is 0 Å². The van der Waals surface area contributed by atoms with Crippen molar-refractivity contribution >= 4 is 30.6 Å². The molecule has 0 aromatic rings. The van der Waals surface area contributed by atoms with Crippen LogP contribution in [0.3, 0.4) is 0 Å². The summed E-state index contributed by atoms with van der Waals surface area (Å²) in [4.78, 5) is 0. The van der Waals surface area contributed by atoms with Crippen LogP contribution in [-0.4, -0.2) is 17.1 Å². The molecular weight excluding hydrogens is 512 g/mol. The second kappa shape index (κ2) is 17.2. The van der Waals surface area contributed by atoms with Crippen LogP contribution in [0.1, 0.15) is 0 Å². The third-order valence-electron chi connectivity index (χ3n) is 0. The maximum absolute atomic E-state index is 0. The Bertz CT molecular complexity index is 6.00. The van der Waals surface area contributed by atoms with Gasteiger partial charge in [-0.2, -0.15) is 0 Å². The summed E-state index contributed by atoms with van der Waals surface area (Å²) in [5.74, 6) is 0. The van der Waals surface area contributed by atoms with Gasteiger partial charge in [-0.3, -0.25) is 0 Å². The van der Waals surface area contributed by atoms with Crippen molar-refractivity contribution in [3.63, 3.8) is 0 Å². The van der Waals surface area contributed by atoms with Crippen molar-refractivity contribution < 1.29 is 55.3 Å². The number of hydrogen-bond donors (Lipinski definition) is 0. The third-order valence-corrected chi connectivity index (χ3v) is 0. The summed E-state index contributed by atoms with van der Waals surface area (Å²) < 4.78 is 0. The summed E-state index contributed by atoms with van der Waals surface area (Å²) in [6.45, 7) is 0. The molecule has 0 aromatic carbocycles. The van der Waals surface area contributed by atoms with Crippen LogP contribution in [0.15, 0.2) is 0 Å². The molecule has 4 heavy (non-hydrogen) atoms. The number of rotatable bonds is 0. The van der Waals surface area contributed by atoms with Crippen molar-refractivity contribution in [2.24, 2.45) is 0 Å². The monoisotopic (exact) mass is 516 g/mol. The van der Waals surface area contributed by atoms with Crippen molar-refractivity contribution in [2.45, 2.75) is 0 Å². The van der Waals surface area contributed by atoms with E-state index < -0.39 is 0 Å². The predicted octanol–water partition coefficient (Wildman–Crippen LogP) is -0.388. The van der Waals surface area contributed by atoms with Gasteiger partial charge in [-0.1, -0.05) is 0 Å². The zero-order valence-corrected chi connectivity index (χ0v) is 15.8. The summed E-state index contributed by atoms with van der Waals surface area (Å²) in [5.41, 5.74) is 0. The third kappa shape index (κ3) is 8.83. The Labute approximate surface area is 84.4 Å². The van der Waals surface area contributed by atoms with E-state index in [1.54, 1.807) is 0 Å². The normalized spacial score (nSPS) is 0. The van der Waals surface area contributed by atoms with Gasteiger partial charge in [0.05, 0.1) is 0 Å². The van der Waals surface area contributed by atoms with E-state index in [1.807, 2.05) is 0 Å². The van der Waals surface area contributed by atoms with E-state index in [4.69, 9.17) is 0 Å². The molecule has 0 aliphatic carbocycles. The van der Waals surface area contributed by atoms with Crippen molar-refractivity contribution in [1.29, 1.82) is 0 Å². The van der Waals surface area contributed by atoms with Crippen LogP contribution in [0.5, 0.6) is 0 Å². The smallest absolute Gasteiger partial charge is 2.00 e. The molecule has 16 valence electrons. The van der Waals surface area contributed by atoms with Crippen LogP contribution >= 0.6 is 0 Å². The van der Waals surface area contributed by atoms with E-state index in [0.29, 0.717) is 0 Å². The number of hydrogen-bond acceptors (Lipinski definition) is 0. The Kier molecular flexibility index (Phi) is 127. The van der Waals surface area contributed by atoms with Gasteiger partial charge in [0.25, 0.3) is 0 Å². The first-order chi connectivity index (χ1) is 0. The van der Waals surface area contributed by atoms with Gasteiger partial charge < -0.3 is 30.6 Å². The van der Waals surface area contributed by atoms with Crippen LogP contribution in [0, 0.1) is 0 Å². The van der Waals surface area contributed by atoms with Gasteiger partial charge in [0.15, 0.2) is 0 Å². The van der Waals surface area contributed by atoms with Crippen LogP contribution in [0.25, 0.3) is 0 Å². The molecule has 0 nitrogen and oxygen atoms in total. The first-order valence-corrected chi connectivity index (χ1v) is 0. The van der Waals surface area contributed by atoms with Crippen molar-refractivity contribution in [2.75, 3.05) is 0 Å². The van der Waals surface area contributed by atoms with Gasteiger partial charge in [-0.15, -0.1) is 0 Å². The molecule has 0 fully saturated rings. The molecule has 4 heteroatoms. The van der Waals surface area contributed by atoms with Gasteiger partial charge >= 0.3 is 55.3 Å². The van der Waals surface area contributed by atoms with Crippen molar-refractivity contribution in [1.82, 2.24) is 0 Å². The largest absolute Gasteiger partial charge is 2.00 e. The summed E-state index contributed by atoms with van der Waals surface area (Å²) in [6.07, 6.45) is 0.